The van der Waals surface area contributed by atoms with Crippen LogP contribution < -0.4 is 26.5 Å². The standard InChI is InChI=1S/C39H51N3O7Si/c1-25-24-42(35(45)41-33(25)44)37(22-23-40)34(50(7)8)39(46,36(2,3)4)32(49-37)31(43)38(26-12-10-9-11-13-26,27-14-18-29(47-5)19-15-27)28-16-20-30(48-6)21-17-28/h9-21,24,31-32,34,43,46,50H,22-23,40H2,1-8H3,(H,41,44,45)/t31?,32-,34?,37-,39-/m1/s1. The average molecular weight is 702 g/mol. The van der Waals surface area contributed by atoms with Crippen LogP contribution in [-0.4, -0.2) is 67.1 Å². The fourth-order valence-corrected chi connectivity index (χ4v) is 11.5. The summed E-state index contributed by atoms with van der Waals surface area (Å²) in [7, 11) is 1.17. The minimum atomic E-state index is -2.03. The number of methoxy groups -OCH3 is 2. The van der Waals surface area contributed by atoms with E-state index in [1.807, 2.05) is 99.6 Å². The topological polar surface area (TPSA) is 149 Å². The van der Waals surface area contributed by atoms with E-state index in [9.17, 15) is 19.8 Å². The average Bonchev–Trinajstić information content (AvgIpc) is 3.38. The zero-order valence-electron chi connectivity index (χ0n) is 30.3. The van der Waals surface area contributed by atoms with Crippen LogP contribution in [0.25, 0.3) is 0 Å². The number of hydrogen-bond acceptors (Lipinski definition) is 8. The van der Waals surface area contributed by atoms with Gasteiger partial charge in [0.05, 0.1) is 19.6 Å². The van der Waals surface area contributed by atoms with Crippen LogP contribution in [0.5, 0.6) is 11.5 Å². The number of nitrogens with one attached hydrogen (secondary N) is 1. The van der Waals surface area contributed by atoms with Gasteiger partial charge in [0.1, 0.15) is 29.3 Å². The molecule has 1 fully saturated rings. The highest BCUT2D eigenvalue weighted by Gasteiger charge is 2.72. The molecular weight excluding hydrogens is 651 g/mol. The zero-order chi connectivity index (χ0) is 36.6. The molecule has 5 atom stereocenters. The predicted octanol–water partition coefficient (Wildman–Crippen LogP) is 4.29. The normalized spacial score (nSPS) is 23.2. The molecule has 0 aliphatic carbocycles. The van der Waals surface area contributed by atoms with Crippen molar-refractivity contribution in [3.8, 4) is 11.5 Å². The van der Waals surface area contributed by atoms with E-state index < -0.39 is 60.0 Å². The van der Waals surface area contributed by atoms with Gasteiger partial charge in [0, 0.05) is 32.5 Å². The van der Waals surface area contributed by atoms with E-state index in [0.29, 0.717) is 17.1 Å². The monoisotopic (exact) mass is 701 g/mol. The van der Waals surface area contributed by atoms with E-state index in [2.05, 4.69) is 18.1 Å². The van der Waals surface area contributed by atoms with E-state index in [-0.39, 0.29) is 13.0 Å². The number of aromatic nitrogens is 2. The molecule has 11 heteroatoms. The van der Waals surface area contributed by atoms with Gasteiger partial charge in [0.2, 0.25) is 0 Å². The molecular formula is C39H51N3O7Si. The Labute approximate surface area is 295 Å². The maximum Gasteiger partial charge on any atom is 0.330 e. The van der Waals surface area contributed by atoms with Gasteiger partial charge < -0.3 is 30.2 Å². The summed E-state index contributed by atoms with van der Waals surface area (Å²) < 4.78 is 19.7. The Kier molecular flexibility index (Phi) is 10.4. The summed E-state index contributed by atoms with van der Waals surface area (Å²) in [6, 6.07) is 24.7. The summed E-state index contributed by atoms with van der Waals surface area (Å²) in [4.78, 5) is 28.8. The van der Waals surface area contributed by atoms with Crippen molar-refractivity contribution in [2.45, 2.75) is 81.7 Å². The molecule has 1 aromatic heterocycles. The molecule has 0 amide bonds. The molecule has 268 valence electrons. The lowest BCUT2D eigenvalue weighted by atomic mass is 9.60. The second-order valence-electron chi connectivity index (χ2n) is 14.7. The highest BCUT2D eigenvalue weighted by Crippen LogP contribution is 2.62. The predicted molar refractivity (Wildman–Crippen MR) is 198 cm³/mol. The van der Waals surface area contributed by atoms with Gasteiger partial charge >= 0.3 is 5.69 Å². The van der Waals surface area contributed by atoms with Gasteiger partial charge in [-0.2, -0.15) is 0 Å². The van der Waals surface area contributed by atoms with Gasteiger partial charge in [-0.1, -0.05) is 88.5 Å². The SMILES string of the molecule is COc1ccc(C(c2ccccc2)(c2ccc(OC)cc2)C(O)[C@H]2O[C@@](CCN)(n3cc(C)c(=O)[nH]c3=O)C([SiH](C)C)[C@@]2(O)C(C)(C)C)cc1. The Morgan fingerprint density at radius 1 is 0.920 bits per heavy atom. The molecule has 0 saturated carbocycles. The van der Waals surface area contributed by atoms with Crippen molar-refractivity contribution < 1.29 is 24.4 Å². The summed E-state index contributed by atoms with van der Waals surface area (Å²) in [5, 5.41) is 27.1. The highest BCUT2D eigenvalue weighted by molar-refractivity contribution is 6.58. The fourth-order valence-electron chi connectivity index (χ4n) is 8.38. The summed E-state index contributed by atoms with van der Waals surface area (Å²) in [6.45, 7) is 11.7. The Morgan fingerprint density at radius 2 is 1.42 bits per heavy atom. The second kappa shape index (κ2) is 14.0. The van der Waals surface area contributed by atoms with Crippen molar-refractivity contribution in [1.29, 1.82) is 0 Å². The van der Waals surface area contributed by atoms with Crippen molar-refractivity contribution in [3.05, 3.63) is 128 Å². The second-order valence-corrected chi connectivity index (χ2v) is 17.9. The van der Waals surface area contributed by atoms with Crippen molar-refractivity contribution >= 4 is 8.80 Å². The Hall–Kier alpha value is -4.00. The van der Waals surface area contributed by atoms with Crippen LogP contribution in [0.2, 0.25) is 18.6 Å². The first kappa shape index (κ1) is 37.3. The first-order chi connectivity index (χ1) is 23.6. The maximum absolute atomic E-state index is 13.8. The minimum Gasteiger partial charge on any atom is -0.497 e. The number of aromatic amines is 1. The largest absolute Gasteiger partial charge is 0.497 e. The van der Waals surface area contributed by atoms with Crippen LogP contribution in [0, 0.1) is 12.3 Å². The Balaban J connectivity index is 1.92. The number of nitrogens with two attached hydrogens (primary N) is 1. The van der Waals surface area contributed by atoms with E-state index in [0.717, 1.165) is 16.7 Å². The highest BCUT2D eigenvalue weighted by atomic mass is 28.3. The van der Waals surface area contributed by atoms with Crippen LogP contribution in [-0.2, 0) is 15.9 Å². The maximum atomic E-state index is 13.8. The van der Waals surface area contributed by atoms with Crippen LogP contribution in [0.15, 0.2) is 94.6 Å². The van der Waals surface area contributed by atoms with Crippen molar-refractivity contribution in [2.24, 2.45) is 11.1 Å². The van der Waals surface area contributed by atoms with E-state index in [1.165, 1.54) is 10.8 Å². The summed E-state index contributed by atoms with van der Waals surface area (Å²) >= 11 is 0. The quantitative estimate of drug-likeness (QED) is 0.134. The summed E-state index contributed by atoms with van der Waals surface area (Å²) in [5.41, 5.74) is 1.66. The van der Waals surface area contributed by atoms with Gasteiger partial charge in [0.25, 0.3) is 5.56 Å². The van der Waals surface area contributed by atoms with Gasteiger partial charge in [-0.25, -0.2) is 4.79 Å². The molecule has 1 aliphatic heterocycles. The number of aliphatic hydroxyl groups is 2. The minimum absolute atomic E-state index is 0.117. The third-order valence-electron chi connectivity index (χ3n) is 10.7. The number of aryl methyl sites for hydroxylation is 1. The van der Waals surface area contributed by atoms with Gasteiger partial charge in [-0.15, -0.1) is 0 Å². The molecule has 1 aliphatic rings. The van der Waals surface area contributed by atoms with E-state index in [4.69, 9.17) is 19.9 Å². The molecule has 0 bridgehead atoms. The van der Waals surface area contributed by atoms with Gasteiger partial charge in [0.15, 0.2) is 5.72 Å². The number of benzene rings is 3. The fraction of sp³-hybridized carbons (Fsp3) is 0.436. The molecule has 5 N–H and O–H groups in total. The first-order valence-corrected chi connectivity index (χ1v) is 20.1. The molecule has 5 rings (SSSR count). The third-order valence-corrected chi connectivity index (χ3v) is 13.0. The molecule has 10 nitrogen and oxygen atoms in total. The number of aliphatic hydroxyl groups excluding tert-OH is 1. The number of nitrogens with zero attached hydrogens (tertiary/aromatic N) is 1. The number of rotatable bonds is 11. The lowest BCUT2D eigenvalue weighted by Gasteiger charge is -2.51. The van der Waals surface area contributed by atoms with Crippen LogP contribution in [0.3, 0.4) is 0 Å². The van der Waals surface area contributed by atoms with Crippen molar-refractivity contribution in [2.75, 3.05) is 20.8 Å². The van der Waals surface area contributed by atoms with Crippen LogP contribution in [0.4, 0.5) is 0 Å². The molecule has 1 saturated heterocycles. The molecule has 0 radical (unpaired) electrons. The van der Waals surface area contributed by atoms with Crippen molar-refractivity contribution in [1.82, 2.24) is 9.55 Å². The van der Waals surface area contributed by atoms with Gasteiger partial charge in [-0.3, -0.25) is 14.3 Å². The molecule has 2 heterocycles. The van der Waals surface area contributed by atoms with Crippen LogP contribution >= 0.6 is 0 Å². The van der Waals surface area contributed by atoms with E-state index in [1.54, 1.807) is 21.1 Å². The number of ether oxygens (including phenoxy) is 3. The Morgan fingerprint density at radius 3 is 1.86 bits per heavy atom. The first-order valence-electron chi connectivity index (χ1n) is 17.1. The molecule has 2 unspecified atom stereocenters. The molecule has 50 heavy (non-hydrogen) atoms. The Bertz CT molecular complexity index is 1840. The lowest BCUT2D eigenvalue weighted by Crippen LogP contribution is -2.63. The molecule has 0 spiro atoms. The third kappa shape index (κ3) is 5.84. The number of H-pyrrole nitrogens is 1. The molecule has 4 aromatic rings. The number of hydrogen-bond donors (Lipinski definition) is 4. The molecule has 3 aromatic carbocycles. The van der Waals surface area contributed by atoms with Gasteiger partial charge in [-0.05, 0) is 59.8 Å². The lowest BCUT2D eigenvalue weighted by molar-refractivity contribution is -0.183. The smallest absolute Gasteiger partial charge is 0.330 e. The summed E-state index contributed by atoms with van der Waals surface area (Å²) in [5.74, 6) is 1.28. The summed E-state index contributed by atoms with van der Waals surface area (Å²) in [6.07, 6.45) is -1.06. The van der Waals surface area contributed by atoms with Crippen molar-refractivity contribution in [3.63, 3.8) is 0 Å². The zero-order valence-corrected chi connectivity index (χ0v) is 31.4. The van der Waals surface area contributed by atoms with E-state index >= 15 is 0 Å². The van der Waals surface area contributed by atoms with Crippen LogP contribution in [0.1, 0.15) is 49.4 Å².